The van der Waals surface area contributed by atoms with Gasteiger partial charge in [-0.05, 0) is 51.6 Å². The summed E-state index contributed by atoms with van der Waals surface area (Å²) >= 11 is 0. The van der Waals surface area contributed by atoms with Gasteiger partial charge in [0.05, 0.1) is 5.54 Å². The Balaban J connectivity index is 1.19. The summed E-state index contributed by atoms with van der Waals surface area (Å²) in [6, 6.07) is 3.13. The number of nitrogens with one attached hydrogen (secondary N) is 2. The van der Waals surface area contributed by atoms with Gasteiger partial charge in [0.1, 0.15) is 11.3 Å². The van der Waals surface area contributed by atoms with Gasteiger partial charge in [-0.15, -0.1) is 0 Å². The molecule has 0 unspecified atom stereocenters. The Bertz CT molecular complexity index is 1010. The van der Waals surface area contributed by atoms with Crippen molar-refractivity contribution in [3.63, 3.8) is 0 Å². The first-order valence-electron chi connectivity index (χ1n) is 13.0. The number of nitrogens with zero attached hydrogens (tertiary/aromatic N) is 5. The van der Waals surface area contributed by atoms with E-state index in [1.807, 2.05) is 12.3 Å². The lowest BCUT2D eigenvalue weighted by molar-refractivity contribution is 0.0833. The highest BCUT2D eigenvalue weighted by Crippen LogP contribution is 2.40. The van der Waals surface area contributed by atoms with Crippen LogP contribution >= 0.6 is 0 Å². The molecular weight excluding hydrogens is 414 g/mol. The summed E-state index contributed by atoms with van der Waals surface area (Å²) < 4.78 is 2.26. The van der Waals surface area contributed by atoms with E-state index in [9.17, 15) is 4.79 Å². The second-order valence-electron chi connectivity index (χ2n) is 10.8. The number of carbonyl (C=O) groups is 1. The van der Waals surface area contributed by atoms with Crippen molar-refractivity contribution < 1.29 is 4.79 Å². The molecule has 2 aliphatic heterocycles. The van der Waals surface area contributed by atoms with E-state index in [4.69, 9.17) is 4.98 Å². The number of hydrogen-bond donors (Lipinski definition) is 2. The van der Waals surface area contributed by atoms with Crippen molar-refractivity contribution in [2.45, 2.75) is 75.4 Å². The van der Waals surface area contributed by atoms with Crippen LogP contribution in [0, 0.1) is 0 Å². The third-order valence-corrected chi connectivity index (χ3v) is 8.69. The molecule has 3 fully saturated rings. The highest BCUT2D eigenvalue weighted by molar-refractivity contribution is 5.99. The van der Waals surface area contributed by atoms with E-state index in [2.05, 4.69) is 37.0 Å². The molecule has 8 heteroatoms. The van der Waals surface area contributed by atoms with E-state index in [1.165, 1.54) is 58.3 Å². The lowest BCUT2D eigenvalue weighted by atomic mass is 9.80. The molecule has 6 rings (SSSR count). The van der Waals surface area contributed by atoms with E-state index < -0.39 is 0 Å². The molecule has 2 saturated carbocycles. The summed E-state index contributed by atoms with van der Waals surface area (Å²) in [5.74, 6) is 0.726. The molecule has 0 bridgehead atoms. The fourth-order valence-electron chi connectivity index (χ4n) is 6.69. The van der Waals surface area contributed by atoms with Crippen LogP contribution in [0.2, 0.25) is 0 Å². The van der Waals surface area contributed by atoms with Crippen LogP contribution in [0.5, 0.6) is 0 Å². The largest absolute Gasteiger partial charge is 0.351 e. The summed E-state index contributed by atoms with van der Waals surface area (Å²) in [5, 5.41) is 7.75. The number of piperazine rings is 1. The summed E-state index contributed by atoms with van der Waals surface area (Å²) in [4.78, 5) is 27.4. The molecule has 0 radical (unpaired) electrons. The van der Waals surface area contributed by atoms with E-state index in [0.717, 1.165) is 48.5 Å². The van der Waals surface area contributed by atoms with Crippen LogP contribution in [0.1, 0.15) is 68.3 Å². The van der Waals surface area contributed by atoms with Gasteiger partial charge in [0.2, 0.25) is 5.95 Å². The summed E-state index contributed by atoms with van der Waals surface area (Å²) in [7, 11) is 2.22. The SMILES string of the molecule is CN1CCN(C2CCC(Nc3ncc4cc5n(c4n3)C3(CCCCC3)CNC5=O)CC2)CC1. The first-order chi connectivity index (χ1) is 16.1. The van der Waals surface area contributed by atoms with Crippen LogP contribution in [-0.4, -0.2) is 82.1 Å². The monoisotopic (exact) mass is 451 g/mol. The normalized spacial score (nSPS) is 28.6. The molecule has 1 spiro atoms. The third kappa shape index (κ3) is 3.91. The lowest BCUT2D eigenvalue weighted by Gasteiger charge is -2.43. The third-order valence-electron chi connectivity index (χ3n) is 8.69. The minimum absolute atomic E-state index is 0.0148. The maximum atomic E-state index is 12.7. The van der Waals surface area contributed by atoms with E-state index in [-0.39, 0.29) is 11.4 Å². The van der Waals surface area contributed by atoms with Crippen molar-refractivity contribution in [3.8, 4) is 0 Å². The molecule has 0 atom stereocenters. The Morgan fingerprint density at radius 1 is 1.06 bits per heavy atom. The van der Waals surface area contributed by atoms with Gasteiger partial charge >= 0.3 is 0 Å². The van der Waals surface area contributed by atoms with Gasteiger partial charge in [0.15, 0.2) is 0 Å². The Kier molecular flexibility index (Phi) is 5.53. The van der Waals surface area contributed by atoms with Gasteiger partial charge in [-0.1, -0.05) is 19.3 Å². The second-order valence-corrected chi connectivity index (χ2v) is 10.8. The molecule has 178 valence electrons. The number of hydrogen-bond acceptors (Lipinski definition) is 6. The van der Waals surface area contributed by atoms with Crippen LogP contribution in [0.25, 0.3) is 11.0 Å². The number of anilines is 1. The molecule has 2 aromatic rings. The minimum atomic E-state index is -0.0323. The Hall–Kier alpha value is -2.19. The van der Waals surface area contributed by atoms with Gasteiger partial charge in [0, 0.05) is 56.4 Å². The van der Waals surface area contributed by atoms with Crippen LogP contribution < -0.4 is 10.6 Å². The smallest absolute Gasteiger partial charge is 0.268 e. The zero-order chi connectivity index (χ0) is 22.4. The average Bonchev–Trinajstić information content (AvgIpc) is 3.24. The van der Waals surface area contributed by atoms with Gasteiger partial charge in [-0.3, -0.25) is 9.69 Å². The highest BCUT2D eigenvalue weighted by atomic mass is 16.2. The molecular formula is C25H37N7O. The molecule has 0 aromatic carbocycles. The topological polar surface area (TPSA) is 78.3 Å². The first kappa shape index (κ1) is 21.4. The molecule has 4 aliphatic rings. The molecule has 2 aromatic heterocycles. The van der Waals surface area contributed by atoms with Gasteiger partial charge < -0.3 is 20.1 Å². The standard InChI is InChI=1S/C25H37N7O/c1-30-11-13-31(14-12-30)20-7-5-19(6-8-20)28-24-26-16-18-15-21-23(33)27-17-25(9-3-2-4-10-25)32(21)22(18)29-24/h15-16,19-20H,2-14,17H2,1H3,(H,27,33)(H,26,28,29). The highest BCUT2D eigenvalue weighted by Gasteiger charge is 2.41. The van der Waals surface area contributed by atoms with Crippen molar-refractivity contribution in [3.05, 3.63) is 18.0 Å². The summed E-state index contributed by atoms with van der Waals surface area (Å²) in [6.45, 7) is 5.49. The molecule has 2 aliphatic carbocycles. The number of rotatable bonds is 3. The maximum absolute atomic E-state index is 12.7. The summed E-state index contributed by atoms with van der Waals surface area (Å²) in [6.07, 6.45) is 12.6. The van der Waals surface area contributed by atoms with Crippen molar-refractivity contribution in [1.29, 1.82) is 0 Å². The molecule has 2 N–H and O–H groups in total. The van der Waals surface area contributed by atoms with Gasteiger partial charge in [0.25, 0.3) is 5.91 Å². The fraction of sp³-hybridized carbons (Fsp3) is 0.720. The molecule has 4 heterocycles. The maximum Gasteiger partial charge on any atom is 0.268 e. The van der Waals surface area contributed by atoms with E-state index in [0.29, 0.717) is 18.5 Å². The number of likely N-dealkylation sites (N-methyl/N-ethyl adjacent to an activating group) is 1. The molecule has 33 heavy (non-hydrogen) atoms. The van der Waals surface area contributed by atoms with Crippen molar-refractivity contribution in [1.82, 2.24) is 29.7 Å². The zero-order valence-electron chi connectivity index (χ0n) is 19.9. The van der Waals surface area contributed by atoms with Crippen LogP contribution in [-0.2, 0) is 5.54 Å². The number of aromatic nitrogens is 3. The van der Waals surface area contributed by atoms with Crippen molar-refractivity contribution in [2.75, 3.05) is 45.1 Å². The molecule has 1 saturated heterocycles. The van der Waals surface area contributed by atoms with Crippen molar-refractivity contribution >= 4 is 22.9 Å². The zero-order valence-corrected chi connectivity index (χ0v) is 19.9. The van der Waals surface area contributed by atoms with Gasteiger partial charge in [-0.2, -0.15) is 4.98 Å². The average molecular weight is 452 g/mol. The number of amides is 1. The Morgan fingerprint density at radius 3 is 2.58 bits per heavy atom. The van der Waals surface area contributed by atoms with Crippen molar-refractivity contribution in [2.24, 2.45) is 0 Å². The quantitative estimate of drug-likeness (QED) is 0.747. The van der Waals surface area contributed by atoms with Crippen LogP contribution in [0.3, 0.4) is 0 Å². The first-order valence-corrected chi connectivity index (χ1v) is 13.0. The van der Waals surface area contributed by atoms with E-state index >= 15 is 0 Å². The predicted octanol–water partition coefficient (Wildman–Crippen LogP) is 2.80. The van der Waals surface area contributed by atoms with Gasteiger partial charge in [-0.25, -0.2) is 4.98 Å². The molecule has 8 nitrogen and oxygen atoms in total. The molecule has 1 amide bonds. The predicted molar refractivity (Wildman–Crippen MR) is 130 cm³/mol. The minimum Gasteiger partial charge on any atom is -0.351 e. The Morgan fingerprint density at radius 2 is 1.82 bits per heavy atom. The second kappa shape index (κ2) is 8.55. The number of carbonyl (C=O) groups excluding carboxylic acids is 1. The summed E-state index contributed by atoms with van der Waals surface area (Å²) in [5.41, 5.74) is 1.64. The van der Waals surface area contributed by atoms with E-state index in [1.54, 1.807) is 0 Å². The lowest BCUT2D eigenvalue weighted by Crippen LogP contribution is -2.52. The fourth-order valence-corrected chi connectivity index (χ4v) is 6.69. The number of fused-ring (bicyclic) bond motifs is 4. The Labute approximate surface area is 196 Å². The van der Waals surface area contributed by atoms with Crippen LogP contribution in [0.15, 0.2) is 12.3 Å². The van der Waals surface area contributed by atoms with Crippen LogP contribution in [0.4, 0.5) is 5.95 Å².